The Kier molecular flexibility index (Phi) is 3.42. The summed E-state index contributed by atoms with van der Waals surface area (Å²) in [6.45, 7) is 3.16. The van der Waals surface area contributed by atoms with Gasteiger partial charge in [-0.05, 0) is 25.1 Å². The number of aromatic nitrogens is 2. The van der Waals surface area contributed by atoms with Gasteiger partial charge in [-0.15, -0.1) is 0 Å². The maximum absolute atomic E-state index is 11.6. The molecule has 1 fully saturated rings. The maximum Gasteiger partial charge on any atom is 0.250 e. The second kappa shape index (κ2) is 5.22. The van der Waals surface area contributed by atoms with Crippen LogP contribution in [0.4, 0.5) is 0 Å². The molecule has 2 aromatic rings. The highest BCUT2D eigenvalue weighted by molar-refractivity contribution is 6.04. The highest BCUT2D eigenvalue weighted by Gasteiger charge is 2.24. The Morgan fingerprint density at radius 1 is 1.50 bits per heavy atom. The lowest BCUT2D eigenvalue weighted by molar-refractivity contribution is 0.100. The first kappa shape index (κ1) is 13.1. The van der Waals surface area contributed by atoms with Crippen LogP contribution < -0.4 is 16.8 Å². The number of carbonyl (C=O) groups is 1. The summed E-state index contributed by atoms with van der Waals surface area (Å²) in [7, 11) is 0. The number of carbonyl (C=O) groups excluding carboxylic acids is 1. The molecule has 1 saturated heterocycles. The Bertz CT molecular complexity index is 642. The summed E-state index contributed by atoms with van der Waals surface area (Å²) in [6, 6.07) is 5.53. The smallest absolute Gasteiger partial charge is 0.250 e. The first-order valence-corrected chi connectivity index (χ1v) is 6.92. The molecule has 3 rings (SSSR count). The predicted octanol–water partition coefficient (Wildman–Crippen LogP) is 0.171. The second-order valence-corrected chi connectivity index (χ2v) is 5.14. The number of nitrogens with two attached hydrogens (primary N) is 2. The van der Waals surface area contributed by atoms with Gasteiger partial charge in [0.05, 0.1) is 11.1 Å². The van der Waals surface area contributed by atoms with Crippen LogP contribution in [-0.4, -0.2) is 35.1 Å². The molecule has 20 heavy (non-hydrogen) atoms. The van der Waals surface area contributed by atoms with Gasteiger partial charge >= 0.3 is 0 Å². The van der Waals surface area contributed by atoms with Crippen molar-refractivity contribution in [3.05, 3.63) is 29.6 Å². The third-order valence-corrected chi connectivity index (χ3v) is 3.85. The van der Waals surface area contributed by atoms with Crippen molar-refractivity contribution in [1.82, 2.24) is 14.9 Å². The summed E-state index contributed by atoms with van der Waals surface area (Å²) >= 11 is 0. The molecule has 5 N–H and O–H groups in total. The zero-order chi connectivity index (χ0) is 14.1. The lowest BCUT2D eigenvalue weighted by atomic mass is 10.1. The van der Waals surface area contributed by atoms with E-state index in [4.69, 9.17) is 16.5 Å². The summed E-state index contributed by atoms with van der Waals surface area (Å²) in [5.74, 6) is 0.933. The van der Waals surface area contributed by atoms with Crippen molar-refractivity contribution in [2.45, 2.75) is 18.9 Å². The van der Waals surface area contributed by atoms with E-state index in [0.717, 1.165) is 30.9 Å². The van der Waals surface area contributed by atoms with Gasteiger partial charge in [0.25, 0.3) is 5.91 Å². The van der Waals surface area contributed by atoms with Gasteiger partial charge in [0.15, 0.2) is 0 Å². The molecule has 1 aliphatic heterocycles. The van der Waals surface area contributed by atoms with Crippen molar-refractivity contribution in [3.63, 3.8) is 0 Å². The van der Waals surface area contributed by atoms with E-state index in [1.165, 1.54) is 0 Å². The minimum absolute atomic E-state index is 0.370. The van der Waals surface area contributed by atoms with Crippen LogP contribution >= 0.6 is 0 Å². The number of amides is 1. The van der Waals surface area contributed by atoms with Gasteiger partial charge in [-0.2, -0.15) is 0 Å². The number of para-hydroxylation sites is 1. The van der Waals surface area contributed by atoms with E-state index < -0.39 is 5.91 Å². The molecule has 0 aliphatic carbocycles. The topological polar surface area (TPSA) is 99.0 Å². The van der Waals surface area contributed by atoms with Crippen molar-refractivity contribution in [2.24, 2.45) is 11.5 Å². The average molecular weight is 273 g/mol. The number of nitrogens with one attached hydrogen (secondary N) is 1. The van der Waals surface area contributed by atoms with Crippen molar-refractivity contribution in [2.75, 3.05) is 19.6 Å². The first-order chi connectivity index (χ1) is 9.72. The molecule has 0 radical (unpaired) electrons. The Morgan fingerprint density at radius 3 is 3.00 bits per heavy atom. The SMILES string of the molecule is NCCn1c(C2CCNC2)nc2c(C(N)=O)cccc21. The van der Waals surface area contributed by atoms with E-state index in [1.807, 2.05) is 12.1 Å². The molecule has 1 aliphatic rings. The van der Waals surface area contributed by atoms with E-state index in [2.05, 4.69) is 9.88 Å². The highest BCUT2D eigenvalue weighted by atomic mass is 16.1. The van der Waals surface area contributed by atoms with Crippen LogP contribution in [0.25, 0.3) is 11.0 Å². The zero-order valence-electron chi connectivity index (χ0n) is 11.3. The van der Waals surface area contributed by atoms with E-state index in [-0.39, 0.29) is 0 Å². The number of nitrogens with zero attached hydrogens (tertiary/aromatic N) is 2. The summed E-state index contributed by atoms with van der Waals surface area (Å²) in [4.78, 5) is 16.3. The fraction of sp³-hybridized carbons (Fsp3) is 0.429. The Labute approximate surface area is 117 Å². The molecule has 2 heterocycles. The van der Waals surface area contributed by atoms with E-state index >= 15 is 0 Å². The summed E-state index contributed by atoms with van der Waals surface area (Å²) in [5, 5.41) is 3.35. The summed E-state index contributed by atoms with van der Waals surface area (Å²) < 4.78 is 2.12. The molecule has 1 aromatic carbocycles. The fourth-order valence-electron chi connectivity index (χ4n) is 2.91. The molecule has 6 heteroatoms. The number of hydrogen-bond acceptors (Lipinski definition) is 4. The third kappa shape index (κ3) is 2.07. The quantitative estimate of drug-likeness (QED) is 0.739. The van der Waals surface area contributed by atoms with Crippen LogP contribution in [0.5, 0.6) is 0 Å². The molecule has 0 bridgehead atoms. The standard InChI is InChI=1S/C14H19N5O/c15-5-7-19-11-3-1-2-10(13(16)20)12(11)18-14(19)9-4-6-17-8-9/h1-3,9,17H,4-8,15H2,(H2,16,20). The minimum atomic E-state index is -0.441. The molecule has 0 saturated carbocycles. The summed E-state index contributed by atoms with van der Waals surface area (Å²) in [5.41, 5.74) is 13.3. The molecule has 6 nitrogen and oxygen atoms in total. The first-order valence-electron chi connectivity index (χ1n) is 6.92. The second-order valence-electron chi connectivity index (χ2n) is 5.14. The van der Waals surface area contributed by atoms with Crippen molar-refractivity contribution < 1.29 is 4.79 Å². The highest BCUT2D eigenvalue weighted by Crippen LogP contribution is 2.27. The van der Waals surface area contributed by atoms with Crippen LogP contribution in [0.15, 0.2) is 18.2 Å². The maximum atomic E-state index is 11.6. The number of hydrogen-bond donors (Lipinski definition) is 3. The molecule has 1 unspecified atom stereocenters. The number of rotatable bonds is 4. The van der Waals surface area contributed by atoms with Crippen LogP contribution in [0.2, 0.25) is 0 Å². The monoisotopic (exact) mass is 273 g/mol. The van der Waals surface area contributed by atoms with Crippen molar-refractivity contribution in [1.29, 1.82) is 0 Å². The van der Waals surface area contributed by atoms with Gasteiger partial charge in [0, 0.05) is 25.6 Å². The Hall–Kier alpha value is -1.92. The van der Waals surface area contributed by atoms with Gasteiger partial charge in [0.2, 0.25) is 0 Å². The van der Waals surface area contributed by atoms with E-state index in [9.17, 15) is 4.79 Å². The van der Waals surface area contributed by atoms with Crippen LogP contribution in [-0.2, 0) is 6.54 Å². The van der Waals surface area contributed by atoms with Gasteiger partial charge < -0.3 is 21.4 Å². The minimum Gasteiger partial charge on any atom is -0.366 e. The number of imidazole rings is 1. The Morgan fingerprint density at radius 2 is 2.35 bits per heavy atom. The molecule has 106 valence electrons. The van der Waals surface area contributed by atoms with Gasteiger partial charge in [-0.25, -0.2) is 4.98 Å². The molecular weight excluding hydrogens is 254 g/mol. The van der Waals surface area contributed by atoms with E-state index in [0.29, 0.717) is 30.1 Å². The van der Waals surface area contributed by atoms with Crippen LogP contribution in [0, 0.1) is 0 Å². The van der Waals surface area contributed by atoms with Crippen LogP contribution in [0.3, 0.4) is 0 Å². The Balaban J connectivity index is 2.20. The van der Waals surface area contributed by atoms with Gasteiger partial charge in [-0.1, -0.05) is 6.07 Å². The lowest BCUT2D eigenvalue weighted by Gasteiger charge is -2.12. The molecule has 1 atom stereocenters. The van der Waals surface area contributed by atoms with Crippen molar-refractivity contribution in [3.8, 4) is 0 Å². The number of primary amides is 1. The largest absolute Gasteiger partial charge is 0.366 e. The van der Waals surface area contributed by atoms with Crippen molar-refractivity contribution >= 4 is 16.9 Å². The molecular formula is C14H19N5O. The summed E-state index contributed by atoms with van der Waals surface area (Å²) in [6.07, 6.45) is 1.06. The molecule has 1 aromatic heterocycles. The predicted molar refractivity (Wildman–Crippen MR) is 77.5 cm³/mol. The van der Waals surface area contributed by atoms with E-state index in [1.54, 1.807) is 6.07 Å². The number of fused-ring (bicyclic) bond motifs is 1. The normalized spacial score (nSPS) is 18.8. The third-order valence-electron chi connectivity index (χ3n) is 3.85. The molecule has 0 spiro atoms. The number of benzene rings is 1. The van der Waals surface area contributed by atoms with Gasteiger partial charge in [0.1, 0.15) is 11.3 Å². The fourth-order valence-corrected chi connectivity index (χ4v) is 2.91. The lowest BCUT2D eigenvalue weighted by Crippen LogP contribution is -2.16. The zero-order valence-corrected chi connectivity index (χ0v) is 11.3. The molecule has 1 amide bonds. The van der Waals surface area contributed by atoms with Crippen LogP contribution in [0.1, 0.15) is 28.5 Å². The average Bonchev–Trinajstić information content (AvgIpc) is 3.06. The van der Waals surface area contributed by atoms with Gasteiger partial charge in [-0.3, -0.25) is 4.79 Å².